The van der Waals surface area contributed by atoms with Crippen LogP contribution in [-0.2, 0) is 6.42 Å². The van der Waals surface area contributed by atoms with Gasteiger partial charge in [0.25, 0.3) is 0 Å². The predicted molar refractivity (Wildman–Crippen MR) is 92.5 cm³/mol. The van der Waals surface area contributed by atoms with Crippen molar-refractivity contribution in [3.63, 3.8) is 0 Å². The highest BCUT2D eigenvalue weighted by Crippen LogP contribution is 2.32. The molecule has 0 fully saturated rings. The van der Waals surface area contributed by atoms with E-state index in [0.717, 1.165) is 11.3 Å². The molecule has 0 saturated carbocycles. The minimum atomic E-state index is -0.293. The van der Waals surface area contributed by atoms with E-state index in [9.17, 15) is 9.18 Å². The molecular weight excluding hydrogens is 323 g/mol. The van der Waals surface area contributed by atoms with Crippen LogP contribution in [0.25, 0.3) is 0 Å². The summed E-state index contributed by atoms with van der Waals surface area (Å²) in [4.78, 5) is 12.0. The Labute approximate surface area is 146 Å². The number of ether oxygens (including phenoxy) is 2. The molecule has 6 heteroatoms. The largest absolute Gasteiger partial charge is 0.486 e. The number of halogens is 1. The Morgan fingerprint density at radius 1 is 1.16 bits per heavy atom. The highest BCUT2D eigenvalue weighted by Gasteiger charge is 2.15. The molecule has 25 heavy (non-hydrogen) atoms. The number of hydrogen-bond donors (Lipinski definition) is 2. The summed E-state index contributed by atoms with van der Waals surface area (Å²) in [6.45, 7) is 3.32. The van der Waals surface area contributed by atoms with E-state index in [0.29, 0.717) is 37.5 Å². The van der Waals surface area contributed by atoms with Crippen LogP contribution in [0, 0.1) is 5.82 Å². The van der Waals surface area contributed by atoms with E-state index in [-0.39, 0.29) is 17.9 Å². The summed E-state index contributed by atoms with van der Waals surface area (Å²) < 4.78 is 24.6. The molecule has 5 nitrogen and oxygen atoms in total. The van der Waals surface area contributed by atoms with Crippen LogP contribution in [-0.4, -0.2) is 25.8 Å². The molecule has 0 aromatic heterocycles. The SMILES string of the molecule is CC(NC(=O)NCCc1ccccc1F)c1ccc2c(c1)OCCO2. The van der Waals surface area contributed by atoms with Gasteiger partial charge in [-0.3, -0.25) is 0 Å². The molecule has 2 amide bonds. The number of carbonyl (C=O) groups is 1. The van der Waals surface area contributed by atoms with Gasteiger partial charge in [-0.15, -0.1) is 0 Å². The van der Waals surface area contributed by atoms with E-state index >= 15 is 0 Å². The summed E-state index contributed by atoms with van der Waals surface area (Å²) in [5.41, 5.74) is 1.51. The Morgan fingerprint density at radius 2 is 1.92 bits per heavy atom. The van der Waals surface area contributed by atoms with Crippen LogP contribution in [0.4, 0.5) is 9.18 Å². The van der Waals surface area contributed by atoms with E-state index in [4.69, 9.17) is 9.47 Å². The second-order valence-electron chi connectivity index (χ2n) is 5.87. The first-order chi connectivity index (χ1) is 12.1. The number of fused-ring (bicyclic) bond motifs is 1. The van der Waals surface area contributed by atoms with E-state index in [1.54, 1.807) is 18.2 Å². The third-order valence-corrected chi connectivity index (χ3v) is 4.05. The summed E-state index contributed by atoms with van der Waals surface area (Å²) in [6.07, 6.45) is 0.443. The Kier molecular flexibility index (Phi) is 5.38. The second kappa shape index (κ2) is 7.88. The maximum Gasteiger partial charge on any atom is 0.315 e. The molecule has 2 N–H and O–H groups in total. The Hall–Kier alpha value is -2.76. The zero-order valence-electron chi connectivity index (χ0n) is 14.0. The first-order valence-electron chi connectivity index (χ1n) is 8.31. The van der Waals surface area contributed by atoms with Crippen molar-refractivity contribution in [1.82, 2.24) is 10.6 Å². The molecule has 3 rings (SSSR count). The fourth-order valence-corrected chi connectivity index (χ4v) is 2.67. The predicted octanol–water partition coefficient (Wildman–Crippen LogP) is 3.20. The van der Waals surface area contributed by atoms with E-state index in [2.05, 4.69) is 10.6 Å². The molecule has 1 aliphatic rings. The summed E-state index contributed by atoms with van der Waals surface area (Å²) in [5, 5.41) is 5.61. The normalized spacial score (nSPS) is 13.8. The lowest BCUT2D eigenvalue weighted by Crippen LogP contribution is -2.38. The fraction of sp³-hybridized carbons (Fsp3) is 0.316. The van der Waals surface area contributed by atoms with Gasteiger partial charge in [0.05, 0.1) is 6.04 Å². The summed E-state index contributed by atoms with van der Waals surface area (Å²) in [7, 11) is 0. The van der Waals surface area contributed by atoms with Crippen LogP contribution in [0.15, 0.2) is 42.5 Å². The quantitative estimate of drug-likeness (QED) is 0.876. The topological polar surface area (TPSA) is 59.6 Å². The summed E-state index contributed by atoms with van der Waals surface area (Å²) in [6, 6.07) is 11.7. The zero-order chi connectivity index (χ0) is 17.6. The maximum absolute atomic E-state index is 13.5. The standard InChI is InChI=1S/C19H21FN2O3/c1-13(15-6-7-17-18(12-15)25-11-10-24-17)22-19(23)21-9-8-14-4-2-3-5-16(14)20/h2-7,12-13H,8-11H2,1H3,(H2,21,22,23). The third-order valence-electron chi connectivity index (χ3n) is 4.05. The lowest BCUT2D eigenvalue weighted by atomic mass is 10.1. The van der Waals surface area contributed by atoms with E-state index in [1.807, 2.05) is 25.1 Å². The molecule has 132 valence electrons. The minimum Gasteiger partial charge on any atom is -0.486 e. The van der Waals surface area contributed by atoms with E-state index in [1.165, 1.54) is 6.07 Å². The van der Waals surface area contributed by atoms with Crippen molar-refractivity contribution >= 4 is 6.03 Å². The van der Waals surface area contributed by atoms with Crippen molar-refractivity contribution in [1.29, 1.82) is 0 Å². The van der Waals surface area contributed by atoms with Gasteiger partial charge in [-0.1, -0.05) is 24.3 Å². The van der Waals surface area contributed by atoms with Gasteiger partial charge >= 0.3 is 6.03 Å². The van der Waals surface area contributed by atoms with Gasteiger partial charge in [0.15, 0.2) is 11.5 Å². The van der Waals surface area contributed by atoms with Crippen LogP contribution >= 0.6 is 0 Å². The smallest absolute Gasteiger partial charge is 0.315 e. The molecule has 0 saturated heterocycles. The fourth-order valence-electron chi connectivity index (χ4n) is 2.67. The van der Waals surface area contributed by atoms with Gasteiger partial charge in [0, 0.05) is 6.54 Å². The highest BCUT2D eigenvalue weighted by molar-refractivity contribution is 5.74. The monoisotopic (exact) mass is 344 g/mol. The minimum absolute atomic E-state index is 0.190. The summed E-state index contributed by atoms with van der Waals surface area (Å²) in [5.74, 6) is 1.16. The molecule has 0 spiro atoms. The third kappa shape index (κ3) is 4.41. The Bertz CT molecular complexity index is 751. The van der Waals surface area contributed by atoms with Crippen molar-refractivity contribution < 1.29 is 18.7 Å². The van der Waals surface area contributed by atoms with Crippen molar-refractivity contribution in [3.05, 3.63) is 59.4 Å². The molecule has 1 aliphatic heterocycles. The Morgan fingerprint density at radius 3 is 2.72 bits per heavy atom. The van der Waals surface area contributed by atoms with Gasteiger partial charge in [0.1, 0.15) is 19.0 Å². The highest BCUT2D eigenvalue weighted by atomic mass is 19.1. The van der Waals surface area contributed by atoms with Gasteiger partial charge < -0.3 is 20.1 Å². The molecule has 0 bridgehead atoms. The van der Waals surface area contributed by atoms with Crippen molar-refractivity contribution in [2.75, 3.05) is 19.8 Å². The maximum atomic E-state index is 13.5. The van der Waals surface area contributed by atoms with Crippen LogP contribution in [0.2, 0.25) is 0 Å². The average Bonchev–Trinajstić information content (AvgIpc) is 2.63. The zero-order valence-corrected chi connectivity index (χ0v) is 14.0. The summed E-state index contributed by atoms with van der Waals surface area (Å²) >= 11 is 0. The van der Waals surface area contributed by atoms with Gasteiger partial charge in [0.2, 0.25) is 0 Å². The number of hydrogen-bond acceptors (Lipinski definition) is 3. The van der Waals surface area contributed by atoms with Gasteiger partial charge in [-0.25, -0.2) is 9.18 Å². The van der Waals surface area contributed by atoms with Gasteiger partial charge in [-0.05, 0) is 42.7 Å². The molecule has 0 aliphatic carbocycles. The average molecular weight is 344 g/mol. The molecule has 1 unspecified atom stereocenters. The van der Waals surface area contributed by atoms with Crippen LogP contribution in [0.5, 0.6) is 11.5 Å². The number of urea groups is 1. The van der Waals surface area contributed by atoms with Crippen molar-refractivity contribution in [3.8, 4) is 11.5 Å². The Balaban J connectivity index is 1.50. The number of amides is 2. The molecular formula is C19H21FN2O3. The molecule has 0 radical (unpaired) electrons. The number of benzene rings is 2. The van der Waals surface area contributed by atoms with Crippen LogP contribution in [0.1, 0.15) is 24.1 Å². The molecule has 1 heterocycles. The van der Waals surface area contributed by atoms with Crippen molar-refractivity contribution in [2.45, 2.75) is 19.4 Å². The number of nitrogens with one attached hydrogen (secondary N) is 2. The van der Waals surface area contributed by atoms with E-state index < -0.39 is 0 Å². The second-order valence-corrected chi connectivity index (χ2v) is 5.87. The number of rotatable bonds is 5. The van der Waals surface area contributed by atoms with Crippen LogP contribution < -0.4 is 20.1 Å². The first kappa shape index (κ1) is 17.1. The first-order valence-corrected chi connectivity index (χ1v) is 8.31. The molecule has 1 atom stereocenters. The number of carbonyl (C=O) groups excluding carboxylic acids is 1. The molecule has 2 aromatic rings. The molecule has 2 aromatic carbocycles. The lowest BCUT2D eigenvalue weighted by molar-refractivity contribution is 0.171. The van der Waals surface area contributed by atoms with Crippen molar-refractivity contribution in [2.24, 2.45) is 0 Å². The van der Waals surface area contributed by atoms with Gasteiger partial charge in [-0.2, -0.15) is 0 Å². The van der Waals surface area contributed by atoms with Crippen LogP contribution in [0.3, 0.4) is 0 Å². The lowest BCUT2D eigenvalue weighted by Gasteiger charge is -2.21.